The highest BCUT2D eigenvalue weighted by Gasteiger charge is 2.32. The number of pyridine rings is 1. The molecule has 2 heterocycles. The van der Waals surface area contributed by atoms with Crippen LogP contribution in [0.25, 0.3) is 0 Å². The van der Waals surface area contributed by atoms with E-state index in [2.05, 4.69) is 10.3 Å². The zero-order chi connectivity index (χ0) is 25.1. The number of ether oxygens (including phenoxy) is 1. The molecule has 3 rings (SSSR count). The van der Waals surface area contributed by atoms with Gasteiger partial charge in [0, 0.05) is 44.6 Å². The summed E-state index contributed by atoms with van der Waals surface area (Å²) in [6, 6.07) is 5.78. The first-order valence-corrected chi connectivity index (χ1v) is 10.6. The third-order valence-electron chi connectivity index (χ3n) is 5.01. The molecular formula is C23H26F4N4O3. The van der Waals surface area contributed by atoms with Gasteiger partial charge in [-0.05, 0) is 56.7 Å². The van der Waals surface area contributed by atoms with E-state index in [1.165, 1.54) is 18.2 Å². The van der Waals surface area contributed by atoms with Crippen molar-refractivity contribution < 1.29 is 31.9 Å². The molecule has 1 aliphatic rings. The van der Waals surface area contributed by atoms with E-state index in [4.69, 9.17) is 4.74 Å². The molecular weight excluding hydrogens is 456 g/mol. The lowest BCUT2D eigenvalue weighted by Gasteiger charge is -2.35. The Labute approximate surface area is 194 Å². The molecule has 0 spiro atoms. The largest absolute Gasteiger partial charge is 0.444 e. The second-order valence-electron chi connectivity index (χ2n) is 8.96. The molecule has 0 aliphatic carbocycles. The fourth-order valence-electron chi connectivity index (χ4n) is 3.45. The molecule has 1 saturated heterocycles. The number of hydrogen-bond acceptors (Lipinski definition) is 5. The molecule has 1 fully saturated rings. The monoisotopic (exact) mass is 482 g/mol. The Balaban J connectivity index is 1.71. The molecule has 0 saturated carbocycles. The van der Waals surface area contributed by atoms with Gasteiger partial charge in [-0.2, -0.15) is 17.6 Å². The first kappa shape index (κ1) is 25.4. The molecule has 2 amide bonds. The van der Waals surface area contributed by atoms with Gasteiger partial charge in [-0.25, -0.2) is 9.78 Å². The summed E-state index contributed by atoms with van der Waals surface area (Å²) in [6.45, 7) is 7.12. The molecule has 2 aromatic rings. The van der Waals surface area contributed by atoms with Crippen LogP contribution < -0.4 is 5.32 Å². The lowest BCUT2D eigenvalue weighted by atomic mass is 10.1. The summed E-state index contributed by atoms with van der Waals surface area (Å²) < 4.78 is 59.6. The number of benzene rings is 1. The smallest absolute Gasteiger partial charge is 0.416 e. The summed E-state index contributed by atoms with van der Waals surface area (Å²) in [5.74, 6) is -1.92. The highest BCUT2D eigenvalue weighted by molar-refractivity contribution is 6.04. The molecule has 0 bridgehead atoms. The van der Waals surface area contributed by atoms with Gasteiger partial charge in [0.1, 0.15) is 5.60 Å². The Hall–Kier alpha value is -3.21. The second-order valence-corrected chi connectivity index (χ2v) is 8.96. The Morgan fingerprint density at radius 3 is 2.35 bits per heavy atom. The van der Waals surface area contributed by atoms with Crippen molar-refractivity contribution in [2.45, 2.75) is 39.1 Å². The predicted octanol–water partition coefficient (Wildman–Crippen LogP) is 4.54. The Kier molecular flexibility index (Phi) is 7.44. The molecule has 1 aromatic carbocycles. The van der Waals surface area contributed by atoms with Crippen LogP contribution in [0, 0.1) is 5.95 Å². The zero-order valence-corrected chi connectivity index (χ0v) is 19.1. The van der Waals surface area contributed by atoms with Crippen molar-refractivity contribution in [2.75, 3.05) is 31.5 Å². The van der Waals surface area contributed by atoms with Crippen LogP contribution in [0.2, 0.25) is 0 Å². The standard InChI is InChI=1S/C23H26F4N4O3/c1-22(2,3)34-21(33)31-9-7-30(8-10-31)14-15-11-16(23(25,26)27)13-17(12-15)29-20(32)18-5-4-6-28-19(18)24/h4-6,11-13H,7-10,14H2,1-3H3,(H,29,32). The van der Waals surface area contributed by atoms with Gasteiger partial charge in [0.05, 0.1) is 11.1 Å². The van der Waals surface area contributed by atoms with Crippen molar-refractivity contribution in [3.63, 3.8) is 0 Å². The maximum Gasteiger partial charge on any atom is 0.416 e. The molecule has 1 aromatic heterocycles. The number of rotatable bonds is 4. The molecule has 7 nitrogen and oxygen atoms in total. The summed E-state index contributed by atoms with van der Waals surface area (Å²) in [5, 5.41) is 2.33. The summed E-state index contributed by atoms with van der Waals surface area (Å²) in [4.78, 5) is 31.4. The van der Waals surface area contributed by atoms with E-state index in [1.54, 1.807) is 25.7 Å². The van der Waals surface area contributed by atoms with Gasteiger partial charge >= 0.3 is 12.3 Å². The van der Waals surface area contributed by atoms with Crippen molar-refractivity contribution in [1.29, 1.82) is 0 Å². The van der Waals surface area contributed by atoms with Crippen LogP contribution in [0.5, 0.6) is 0 Å². The first-order chi connectivity index (χ1) is 15.8. The normalized spacial score (nSPS) is 15.2. The molecule has 0 atom stereocenters. The SMILES string of the molecule is CC(C)(C)OC(=O)N1CCN(Cc2cc(NC(=O)c3cccnc3F)cc(C(F)(F)F)c2)CC1. The molecule has 0 radical (unpaired) electrons. The van der Waals surface area contributed by atoms with E-state index >= 15 is 0 Å². The molecule has 1 aliphatic heterocycles. The number of alkyl halides is 3. The van der Waals surface area contributed by atoms with Crippen LogP contribution in [-0.2, 0) is 17.5 Å². The van der Waals surface area contributed by atoms with Crippen LogP contribution in [0.1, 0.15) is 42.3 Å². The Morgan fingerprint density at radius 2 is 1.76 bits per heavy atom. The highest BCUT2D eigenvalue weighted by atomic mass is 19.4. The minimum absolute atomic E-state index is 0.106. The summed E-state index contributed by atoms with van der Waals surface area (Å²) in [7, 11) is 0. The van der Waals surface area contributed by atoms with Gasteiger partial charge < -0.3 is 15.0 Å². The van der Waals surface area contributed by atoms with Crippen molar-refractivity contribution in [3.8, 4) is 0 Å². The highest BCUT2D eigenvalue weighted by Crippen LogP contribution is 2.32. The fourth-order valence-corrected chi connectivity index (χ4v) is 3.45. The topological polar surface area (TPSA) is 74.8 Å². The molecule has 11 heteroatoms. The van der Waals surface area contributed by atoms with Crippen LogP contribution >= 0.6 is 0 Å². The second kappa shape index (κ2) is 9.96. The van der Waals surface area contributed by atoms with E-state index in [1.807, 2.05) is 4.90 Å². The minimum atomic E-state index is -4.63. The lowest BCUT2D eigenvalue weighted by Crippen LogP contribution is -2.49. The predicted molar refractivity (Wildman–Crippen MR) is 117 cm³/mol. The molecule has 1 N–H and O–H groups in total. The van der Waals surface area contributed by atoms with Crippen molar-refractivity contribution >= 4 is 17.7 Å². The van der Waals surface area contributed by atoms with Gasteiger partial charge in [-0.15, -0.1) is 0 Å². The van der Waals surface area contributed by atoms with Gasteiger partial charge in [0.2, 0.25) is 5.95 Å². The number of carbonyl (C=O) groups is 2. The van der Waals surface area contributed by atoms with Crippen LogP contribution in [0.3, 0.4) is 0 Å². The van der Waals surface area contributed by atoms with Crippen molar-refractivity contribution in [1.82, 2.24) is 14.8 Å². The fraction of sp³-hybridized carbons (Fsp3) is 0.435. The number of amides is 2. The number of anilines is 1. The van der Waals surface area contributed by atoms with Gasteiger partial charge in [0.15, 0.2) is 0 Å². The van der Waals surface area contributed by atoms with Gasteiger partial charge in [0.25, 0.3) is 5.91 Å². The van der Waals surface area contributed by atoms with Gasteiger partial charge in [-0.3, -0.25) is 9.69 Å². The van der Waals surface area contributed by atoms with E-state index in [0.29, 0.717) is 31.7 Å². The Morgan fingerprint density at radius 1 is 1.09 bits per heavy atom. The number of halogens is 4. The average molecular weight is 482 g/mol. The van der Waals surface area contributed by atoms with E-state index < -0.39 is 35.3 Å². The summed E-state index contributed by atoms with van der Waals surface area (Å²) >= 11 is 0. The quantitative estimate of drug-likeness (QED) is 0.512. The summed E-state index contributed by atoms with van der Waals surface area (Å²) in [6.07, 6.45) is -3.90. The first-order valence-electron chi connectivity index (χ1n) is 10.6. The maximum absolute atomic E-state index is 13.8. The van der Waals surface area contributed by atoms with Crippen LogP contribution in [0.15, 0.2) is 36.5 Å². The van der Waals surface area contributed by atoms with Crippen molar-refractivity contribution in [2.24, 2.45) is 0 Å². The van der Waals surface area contributed by atoms with Crippen LogP contribution in [-0.4, -0.2) is 58.6 Å². The number of piperazine rings is 1. The Bertz CT molecular complexity index is 1050. The third kappa shape index (κ3) is 6.89. The van der Waals surface area contributed by atoms with Crippen LogP contribution in [0.4, 0.5) is 28.0 Å². The number of hydrogen-bond donors (Lipinski definition) is 1. The van der Waals surface area contributed by atoms with Gasteiger partial charge in [-0.1, -0.05) is 0 Å². The molecule has 0 unspecified atom stereocenters. The minimum Gasteiger partial charge on any atom is -0.444 e. The molecule has 34 heavy (non-hydrogen) atoms. The molecule has 184 valence electrons. The average Bonchev–Trinajstić information content (AvgIpc) is 2.72. The van der Waals surface area contributed by atoms with E-state index in [0.717, 1.165) is 18.3 Å². The summed E-state index contributed by atoms with van der Waals surface area (Å²) in [5.41, 5.74) is -1.71. The lowest BCUT2D eigenvalue weighted by molar-refractivity contribution is -0.137. The maximum atomic E-state index is 13.8. The van der Waals surface area contributed by atoms with E-state index in [9.17, 15) is 27.2 Å². The zero-order valence-electron chi connectivity index (χ0n) is 19.1. The number of nitrogens with one attached hydrogen (secondary N) is 1. The number of carbonyl (C=O) groups excluding carboxylic acids is 2. The van der Waals surface area contributed by atoms with E-state index in [-0.39, 0.29) is 17.8 Å². The number of aromatic nitrogens is 1. The van der Waals surface area contributed by atoms with Crippen molar-refractivity contribution in [3.05, 3.63) is 59.2 Å². The third-order valence-corrected chi connectivity index (χ3v) is 5.01. The number of nitrogens with zero attached hydrogens (tertiary/aromatic N) is 3.